The smallest absolute Gasteiger partial charge is 0.00362 e. The maximum atomic E-state index is 5.91. The predicted octanol–water partition coefficient (Wildman–Crippen LogP) is 6.37. The lowest BCUT2D eigenvalue weighted by atomic mass is 10.0. The lowest BCUT2D eigenvalue weighted by Crippen LogP contribution is -2.17. The van der Waals surface area contributed by atoms with Gasteiger partial charge in [-0.15, -0.1) is 0 Å². The van der Waals surface area contributed by atoms with Crippen LogP contribution in [0.2, 0.25) is 0 Å². The molecule has 0 aromatic rings. The summed E-state index contributed by atoms with van der Waals surface area (Å²) in [6, 6.07) is 0.445. The van der Waals surface area contributed by atoms with E-state index in [0.29, 0.717) is 6.04 Å². The molecule has 1 nitrogen and oxygen atoms in total. The van der Waals surface area contributed by atoms with Gasteiger partial charge in [-0.2, -0.15) is 0 Å². The van der Waals surface area contributed by atoms with Crippen molar-refractivity contribution in [3.8, 4) is 0 Å². The highest BCUT2D eigenvalue weighted by Gasteiger charge is 1.98. The number of unbranched alkanes of at least 4 members (excludes halogenated alkanes) is 10. The Balaban J connectivity index is 3.04. The van der Waals surface area contributed by atoms with Crippen LogP contribution in [0.3, 0.4) is 0 Å². The summed E-state index contributed by atoms with van der Waals surface area (Å²) in [7, 11) is 0. The molecule has 0 rings (SSSR count). The van der Waals surface area contributed by atoms with Gasteiger partial charge in [-0.1, -0.05) is 83.8 Å². The van der Waals surface area contributed by atoms with Gasteiger partial charge in [0.05, 0.1) is 0 Å². The number of hydrogen-bond acceptors (Lipinski definition) is 1. The molecule has 0 fully saturated rings. The van der Waals surface area contributed by atoms with Crippen LogP contribution in [-0.2, 0) is 0 Å². The SMILES string of the molecule is CCCC/C=C\CCCCCCCCCCC(N)CC. The monoisotopic (exact) mass is 281 g/mol. The van der Waals surface area contributed by atoms with Crippen LogP contribution >= 0.6 is 0 Å². The highest BCUT2D eigenvalue weighted by atomic mass is 14.6. The molecule has 0 aromatic carbocycles. The molecule has 0 bridgehead atoms. The van der Waals surface area contributed by atoms with Crippen molar-refractivity contribution in [1.29, 1.82) is 0 Å². The molecule has 0 spiro atoms. The topological polar surface area (TPSA) is 26.0 Å². The number of hydrogen-bond donors (Lipinski definition) is 1. The normalized spacial score (nSPS) is 13.2. The van der Waals surface area contributed by atoms with Gasteiger partial charge in [-0.3, -0.25) is 0 Å². The summed E-state index contributed by atoms with van der Waals surface area (Å²) in [5, 5.41) is 0. The molecule has 0 amide bonds. The third-order valence-electron chi connectivity index (χ3n) is 4.11. The lowest BCUT2D eigenvalue weighted by Gasteiger charge is -2.07. The zero-order chi connectivity index (χ0) is 14.9. The molecule has 120 valence electrons. The Labute approximate surface area is 128 Å². The van der Waals surface area contributed by atoms with Crippen LogP contribution in [-0.4, -0.2) is 6.04 Å². The first-order chi connectivity index (χ1) is 9.81. The summed E-state index contributed by atoms with van der Waals surface area (Å²) in [5.41, 5.74) is 5.91. The van der Waals surface area contributed by atoms with Crippen LogP contribution < -0.4 is 5.73 Å². The van der Waals surface area contributed by atoms with Gasteiger partial charge in [0.15, 0.2) is 0 Å². The van der Waals surface area contributed by atoms with Crippen molar-refractivity contribution in [3.05, 3.63) is 12.2 Å². The van der Waals surface area contributed by atoms with E-state index in [4.69, 9.17) is 5.73 Å². The van der Waals surface area contributed by atoms with Crippen molar-refractivity contribution in [1.82, 2.24) is 0 Å². The van der Waals surface area contributed by atoms with Gasteiger partial charge in [-0.05, 0) is 32.1 Å². The molecule has 20 heavy (non-hydrogen) atoms. The van der Waals surface area contributed by atoms with Crippen molar-refractivity contribution in [2.24, 2.45) is 5.73 Å². The number of allylic oxidation sites excluding steroid dienone is 2. The fourth-order valence-corrected chi connectivity index (χ4v) is 2.49. The first kappa shape index (κ1) is 19.7. The van der Waals surface area contributed by atoms with Crippen LogP contribution in [0.1, 0.15) is 104 Å². The van der Waals surface area contributed by atoms with Crippen LogP contribution in [0.5, 0.6) is 0 Å². The largest absolute Gasteiger partial charge is 0.328 e. The summed E-state index contributed by atoms with van der Waals surface area (Å²) >= 11 is 0. The van der Waals surface area contributed by atoms with E-state index in [9.17, 15) is 0 Å². The van der Waals surface area contributed by atoms with Crippen LogP contribution in [0.25, 0.3) is 0 Å². The second-order valence-electron chi connectivity index (χ2n) is 6.19. The highest BCUT2D eigenvalue weighted by Crippen LogP contribution is 2.12. The van der Waals surface area contributed by atoms with Crippen LogP contribution in [0, 0.1) is 0 Å². The van der Waals surface area contributed by atoms with Gasteiger partial charge >= 0.3 is 0 Å². The molecule has 0 saturated heterocycles. The molecule has 1 heteroatoms. The van der Waals surface area contributed by atoms with Crippen LogP contribution in [0.15, 0.2) is 12.2 Å². The average Bonchev–Trinajstić information content (AvgIpc) is 2.47. The van der Waals surface area contributed by atoms with E-state index in [0.717, 1.165) is 6.42 Å². The van der Waals surface area contributed by atoms with Gasteiger partial charge in [0, 0.05) is 6.04 Å². The van der Waals surface area contributed by atoms with Crippen molar-refractivity contribution < 1.29 is 0 Å². The Bertz CT molecular complexity index is 198. The molecule has 0 aliphatic carbocycles. The first-order valence-electron chi connectivity index (χ1n) is 9.21. The molecule has 0 aliphatic heterocycles. The highest BCUT2D eigenvalue weighted by molar-refractivity contribution is 4.81. The zero-order valence-electron chi connectivity index (χ0n) is 14.2. The molecule has 0 radical (unpaired) electrons. The summed E-state index contributed by atoms with van der Waals surface area (Å²) in [6.07, 6.45) is 23.5. The quantitative estimate of drug-likeness (QED) is 0.274. The molecule has 0 aliphatic rings. The van der Waals surface area contributed by atoms with E-state index in [-0.39, 0.29) is 0 Å². The predicted molar refractivity (Wildman–Crippen MR) is 93.1 cm³/mol. The van der Waals surface area contributed by atoms with E-state index < -0.39 is 0 Å². The van der Waals surface area contributed by atoms with Crippen molar-refractivity contribution >= 4 is 0 Å². The summed E-state index contributed by atoms with van der Waals surface area (Å²) in [4.78, 5) is 0. The minimum absolute atomic E-state index is 0.445. The minimum Gasteiger partial charge on any atom is -0.328 e. The number of rotatable bonds is 15. The van der Waals surface area contributed by atoms with E-state index in [2.05, 4.69) is 26.0 Å². The third-order valence-corrected chi connectivity index (χ3v) is 4.11. The third kappa shape index (κ3) is 15.8. The first-order valence-corrected chi connectivity index (χ1v) is 9.21. The Morgan fingerprint density at radius 2 is 1.20 bits per heavy atom. The van der Waals surface area contributed by atoms with Gasteiger partial charge in [0.1, 0.15) is 0 Å². The zero-order valence-corrected chi connectivity index (χ0v) is 14.2. The van der Waals surface area contributed by atoms with Crippen molar-refractivity contribution in [2.45, 2.75) is 110 Å². The average molecular weight is 282 g/mol. The van der Waals surface area contributed by atoms with Gasteiger partial charge in [-0.25, -0.2) is 0 Å². The summed E-state index contributed by atoms with van der Waals surface area (Å²) in [5.74, 6) is 0. The van der Waals surface area contributed by atoms with E-state index in [1.165, 1.54) is 83.5 Å². The molecule has 0 saturated carbocycles. The van der Waals surface area contributed by atoms with Gasteiger partial charge in [0.2, 0.25) is 0 Å². The van der Waals surface area contributed by atoms with Crippen LogP contribution in [0.4, 0.5) is 0 Å². The van der Waals surface area contributed by atoms with E-state index >= 15 is 0 Å². The Morgan fingerprint density at radius 3 is 1.75 bits per heavy atom. The molecular formula is C19H39N. The summed E-state index contributed by atoms with van der Waals surface area (Å²) in [6.45, 7) is 4.44. The molecule has 2 N–H and O–H groups in total. The molecule has 1 unspecified atom stereocenters. The second kappa shape index (κ2) is 16.8. The van der Waals surface area contributed by atoms with E-state index in [1.54, 1.807) is 0 Å². The lowest BCUT2D eigenvalue weighted by molar-refractivity contribution is 0.518. The molecule has 0 heterocycles. The van der Waals surface area contributed by atoms with Gasteiger partial charge in [0.25, 0.3) is 0 Å². The Kier molecular flexibility index (Phi) is 16.5. The maximum absolute atomic E-state index is 5.91. The second-order valence-corrected chi connectivity index (χ2v) is 6.19. The molecular weight excluding hydrogens is 242 g/mol. The minimum atomic E-state index is 0.445. The van der Waals surface area contributed by atoms with Crippen molar-refractivity contribution in [2.75, 3.05) is 0 Å². The summed E-state index contributed by atoms with van der Waals surface area (Å²) < 4.78 is 0. The molecule has 1 atom stereocenters. The van der Waals surface area contributed by atoms with Gasteiger partial charge < -0.3 is 5.73 Å². The standard InChI is InChI=1S/C19H39N/c1-3-5-6-7-8-9-10-11-12-13-14-15-16-17-18-19(20)4-2/h7-8,19H,3-6,9-18,20H2,1-2H3/b8-7-. The fourth-order valence-electron chi connectivity index (χ4n) is 2.49. The van der Waals surface area contributed by atoms with E-state index in [1.807, 2.05) is 0 Å². The fraction of sp³-hybridized carbons (Fsp3) is 0.895. The maximum Gasteiger partial charge on any atom is 0.00362 e. The molecule has 0 aromatic heterocycles. The Morgan fingerprint density at radius 1 is 0.700 bits per heavy atom. The Hall–Kier alpha value is -0.300. The number of nitrogens with two attached hydrogens (primary N) is 1. The van der Waals surface area contributed by atoms with Crippen molar-refractivity contribution in [3.63, 3.8) is 0 Å².